The number of halogens is 1. The maximum atomic E-state index is 12.9. The zero-order chi connectivity index (χ0) is 23.0. The highest BCUT2D eigenvalue weighted by Crippen LogP contribution is 2.36. The van der Waals surface area contributed by atoms with Crippen molar-refractivity contribution >= 4 is 23.3 Å². The lowest BCUT2D eigenvalue weighted by atomic mass is 10.1. The standard InChI is InChI=1S/C24H34ClN3O3/c1-7-9-10-26-15-28(11-8-2)20-14-18(5)27-23(21(20)24(29)30-6)31-22-16(3)12-19(25)13-17(22)4/h12-14,26H,7-11,15H2,1-6H3. The largest absolute Gasteiger partial charge is 0.465 e. The van der Waals surface area contributed by atoms with E-state index in [1.807, 2.05) is 39.0 Å². The molecular formula is C24H34ClN3O3. The Kier molecular flexibility index (Phi) is 9.59. The second-order valence-corrected chi connectivity index (χ2v) is 8.14. The SMILES string of the molecule is CCCCNCN(CCC)c1cc(C)nc(Oc2c(C)cc(Cl)cc2C)c1C(=O)OC. The molecule has 0 radical (unpaired) electrons. The van der Waals surface area contributed by atoms with Crippen LogP contribution in [0.2, 0.25) is 5.02 Å². The van der Waals surface area contributed by atoms with Gasteiger partial charge in [0.2, 0.25) is 5.88 Å². The molecule has 0 aliphatic rings. The Morgan fingerprint density at radius 2 is 1.81 bits per heavy atom. The van der Waals surface area contributed by atoms with Crippen LogP contribution >= 0.6 is 11.6 Å². The Balaban J connectivity index is 2.54. The van der Waals surface area contributed by atoms with Crippen molar-refractivity contribution in [2.45, 2.75) is 53.9 Å². The first-order valence-corrected chi connectivity index (χ1v) is 11.2. The molecule has 0 aliphatic heterocycles. The highest BCUT2D eigenvalue weighted by Gasteiger charge is 2.25. The zero-order valence-electron chi connectivity index (χ0n) is 19.5. The third kappa shape index (κ3) is 6.58. The molecule has 0 saturated carbocycles. The van der Waals surface area contributed by atoms with Crippen molar-refractivity contribution in [3.63, 3.8) is 0 Å². The predicted octanol–water partition coefficient (Wildman–Crippen LogP) is 5.80. The average Bonchev–Trinajstić information content (AvgIpc) is 2.72. The van der Waals surface area contributed by atoms with E-state index in [0.29, 0.717) is 23.0 Å². The molecular weight excluding hydrogens is 414 g/mol. The van der Waals surface area contributed by atoms with Crippen LogP contribution in [0.4, 0.5) is 5.69 Å². The number of hydrogen-bond donors (Lipinski definition) is 1. The topological polar surface area (TPSA) is 63.7 Å². The van der Waals surface area contributed by atoms with Gasteiger partial charge in [0.25, 0.3) is 0 Å². The summed E-state index contributed by atoms with van der Waals surface area (Å²) in [7, 11) is 1.37. The van der Waals surface area contributed by atoms with E-state index in [-0.39, 0.29) is 5.88 Å². The Hall–Kier alpha value is -2.31. The Labute approximate surface area is 190 Å². The minimum absolute atomic E-state index is 0.241. The van der Waals surface area contributed by atoms with Gasteiger partial charge in [-0.2, -0.15) is 0 Å². The fraction of sp³-hybridized carbons (Fsp3) is 0.500. The molecule has 1 aromatic carbocycles. The first-order chi connectivity index (χ1) is 14.8. The molecule has 0 aliphatic carbocycles. The smallest absolute Gasteiger partial charge is 0.345 e. The lowest BCUT2D eigenvalue weighted by molar-refractivity contribution is 0.0597. The Bertz CT molecular complexity index is 879. The van der Waals surface area contributed by atoms with Crippen LogP contribution in [0.3, 0.4) is 0 Å². The van der Waals surface area contributed by atoms with Crippen LogP contribution in [-0.4, -0.2) is 37.8 Å². The summed E-state index contributed by atoms with van der Waals surface area (Å²) in [6, 6.07) is 5.58. The summed E-state index contributed by atoms with van der Waals surface area (Å²) in [6.45, 7) is 12.3. The van der Waals surface area contributed by atoms with Crippen LogP contribution in [0.25, 0.3) is 0 Å². The normalized spacial score (nSPS) is 10.8. The van der Waals surface area contributed by atoms with Gasteiger partial charge in [-0.05, 0) is 69.5 Å². The molecule has 6 nitrogen and oxygen atoms in total. The van der Waals surface area contributed by atoms with Crippen molar-refractivity contribution in [2.75, 3.05) is 31.8 Å². The van der Waals surface area contributed by atoms with Gasteiger partial charge in [-0.1, -0.05) is 31.9 Å². The van der Waals surface area contributed by atoms with E-state index in [9.17, 15) is 4.79 Å². The van der Waals surface area contributed by atoms with Crippen LogP contribution in [0.15, 0.2) is 18.2 Å². The molecule has 7 heteroatoms. The summed E-state index contributed by atoms with van der Waals surface area (Å²) in [5, 5.41) is 4.10. The predicted molar refractivity (Wildman–Crippen MR) is 127 cm³/mol. The summed E-state index contributed by atoms with van der Waals surface area (Å²) in [6.07, 6.45) is 3.16. The number of ether oxygens (including phenoxy) is 2. The molecule has 0 spiro atoms. The minimum atomic E-state index is -0.476. The number of aryl methyl sites for hydroxylation is 3. The summed E-state index contributed by atoms with van der Waals surface area (Å²) in [5.74, 6) is 0.406. The van der Waals surface area contributed by atoms with E-state index in [2.05, 4.69) is 29.0 Å². The van der Waals surface area contributed by atoms with Crippen LogP contribution in [0, 0.1) is 20.8 Å². The van der Waals surface area contributed by atoms with Gasteiger partial charge in [-0.25, -0.2) is 9.78 Å². The highest BCUT2D eigenvalue weighted by molar-refractivity contribution is 6.30. The number of carbonyl (C=O) groups is 1. The third-order valence-corrected chi connectivity index (χ3v) is 5.17. The van der Waals surface area contributed by atoms with Crippen LogP contribution in [0.5, 0.6) is 11.6 Å². The first-order valence-electron chi connectivity index (χ1n) is 10.8. The molecule has 1 N–H and O–H groups in total. The molecule has 31 heavy (non-hydrogen) atoms. The van der Waals surface area contributed by atoms with Crippen molar-refractivity contribution in [1.82, 2.24) is 10.3 Å². The van der Waals surface area contributed by atoms with Gasteiger partial charge in [-0.15, -0.1) is 0 Å². The number of esters is 1. The van der Waals surface area contributed by atoms with Crippen molar-refractivity contribution < 1.29 is 14.3 Å². The summed E-state index contributed by atoms with van der Waals surface area (Å²) >= 11 is 6.17. The fourth-order valence-electron chi connectivity index (χ4n) is 3.47. The Morgan fingerprint density at radius 1 is 1.13 bits per heavy atom. The second kappa shape index (κ2) is 11.9. The second-order valence-electron chi connectivity index (χ2n) is 7.70. The molecule has 0 saturated heterocycles. The lowest BCUT2D eigenvalue weighted by Gasteiger charge is -2.28. The number of nitrogens with zero attached hydrogens (tertiary/aromatic N) is 2. The molecule has 2 aromatic rings. The van der Waals surface area contributed by atoms with E-state index < -0.39 is 5.97 Å². The number of pyridine rings is 1. The molecule has 0 amide bonds. The van der Waals surface area contributed by atoms with E-state index in [4.69, 9.17) is 21.1 Å². The van der Waals surface area contributed by atoms with Crippen molar-refractivity contribution in [3.05, 3.63) is 45.6 Å². The third-order valence-electron chi connectivity index (χ3n) is 4.95. The number of carbonyl (C=O) groups excluding carboxylic acids is 1. The number of unbranched alkanes of at least 4 members (excludes halogenated alkanes) is 1. The summed E-state index contributed by atoms with van der Waals surface area (Å²) in [5.41, 5.74) is 3.59. The molecule has 1 aromatic heterocycles. The van der Waals surface area contributed by atoms with Crippen LogP contribution < -0.4 is 15.0 Å². The van der Waals surface area contributed by atoms with Gasteiger partial charge >= 0.3 is 5.97 Å². The minimum Gasteiger partial charge on any atom is -0.465 e. The molecule has 2 rings (SSSR count). The number of hydrogen-bond acceptors (Lipinski definition) is 6. The van der Waals surface area contributed by atoms with Gasteiger partial charge in [0, 0.05) is 17.3 Å². The molecule has 0 unspecified atom stereocenters. The Morgan fingerprint density at radius 3 is 2.39 bits per heavy atom. The summed E-state index contributed by atoms with van der Waals surface area (Å²) in [4.78, 5) is 19.6. The average molecular weight is 448 g/mol. The van der Waals surface area contributed by atoms with E-state index >= 15 is 0 Å². The molecule has 1 heterocycles. The van der Waals surface area contributed by atoms with Gasteiger partial charge in [0.1, 0.15) is 11.3 Å². The number of nitrogens with one attached hydrogen (secondary N) is 1. The molecule has 170 valence electrons. The van der Waals surface area contributed by atoms with Gasteiger partial charge in [-0.3, -0.25) is 5.32 Å². The van der Waals surface area contributed by atoms with E-state index in [0.717, 1.165) is 54.9 Å². The number of methoxy groups -OCH3 is 1. The summed E-state index contributed by atoms with van der Waals surface area (Å²) < 4.78 is 11.3. The van der Waals surface area contributed by atoms with Gasteiger partial charge in [0.15, 0.2) is 0 Å². The molecule has 0 atom stereocenters. The number of aromatic nitrogens is 1. The van der Waals surface area contributed by atoms with Gasteiger partial charge in [0.05, 0.1) is 19.5 Å². The van der Waals surface area contributed by atoms with E-state index in [1.54, 1.807) is 0 Å². The highest BCUT2D eigenvalue weighted by atomic mass is 35.5. The quantitative estimate of drug-likeness (QED) is 0.266. The molecule has 0 fully saturated rings. The monoisotopic (exact) mass is 447 g/mol. The van der Waals surface area contributed by atoms with Crippen LogP contribution in [0.1, 0.15) is 60.3 Å². The first kappa shape index (κ1) is 25.0. The van der Waals surface area contributed by atoms with Crippen LogP contribution in [-0.2, 0) is 4.74 Å². The maximum Gasteiger partial charge on any atom is 0.345 e. The van der Waals surface area contributed by atoms with E-state index in [1.165, 1.54) is 7.11 Å². The van der Waals surface area contributed by atoms with Crippen molar-refractivity contribution in [1.29, 1.82) is 0 Å². The number of rotatable bonds is 11. The number of benzene rings is 1. The van der Waals surface area contributed by atoms with Gasteiger partial charge < -0.3 is 14.4 Å². The molecule has 0 bridgehead atoms. The lowest BCUT2D eigenvalue weighted by Crippen LogP contribution is -2.36. The fourth-order valence-corrected chi connectivity index (χ4v) is 3.80. The zero-order valence-corrected chi connectivity index (χ0v) is 20.2. The van der Waals surface area contributed by atoms with Crippen molar-refractivity contribution in [2.24, 2.45) is 0 Å². The number of anilines is 1. The van der Waals surface area contributed by atoms with Crippen molar-refractivity contribution in [3.8, 4) is 11.6 Å². The maximum absolute atomic E-state index is 12.9.